The van der Waals surface area contributed by atoms with E-state index in [4.69, 9.17) is 0 Å². The zero-order valence-corrected chi connectivity index (χ0v) is 10.3. The summed E-state index contributed by atoms with van der Waals surface area (Å²) < 4.78 is 13.1. The van der Waals surface area contributed by atoms with Crippen LogP contribution in [-0.2, 0) is 10.5 Å². The molecule has 0 aromatic heterocycles. The third-order valence-corrected chi connectivity index (χ3v) is 4.01. The van der Waals surface area contributed by atoms with Gasteiger partial charge in [-0.15, -0.1) is 0 Å². The molecule has 96 valence electrons. The highest BCUT2D eigenvalue weighted by atomic mass is 19.1. The maximum absolute atomic E-state index is 13.1. The summed E-state index contributed by atoms with van der Waals surface area (Å²) in [6.07, 6.45) is 3.45. The van der Waals surface area contributed by atoms with E-state index in [-0.39, 0.29) is 11.7 Å². The van der Waals surface area contributed by atoms with Gasteiger partial charge in [0.1, 0.15) is 11.5 Å². The van der Waals surface area contributed by atoms with E-state index >= 15 is 0 Å². The van der Waals surface area contributed by atoms with Crippen molar-refractivity contribution in [3.8, 4) is 0 Å². The minimum atomic E-state index is -0.402. The van der Waals surface area contributed by atoms with Crippen LogP contribution in [0.3, 0.4) is 0 Å². The van der Waals surface area contributed by atoms with Crippen LogP contribution in [0, 0.1) is 5.82 Å². The monoisotopic (exact) mass is 248 g/mol. The largest absolute Gasteiger partial charge is 0.320 e. The maximum atomic E-state index is 13.1. The number of carbonyl (C=O) groups is 1. The molecular formula is C14H17FN2O. The molecule has 1 amide bonds. The van der Waals surface area contributed by atoms with E-state index in [1.54, 1.807) is 12.1 Å². The van der Waals surface area contributed by atoms with Crippen LogP contribution < -0.4 is 5.32 Å². The third-order valence-electron chi connectivity index (χ3n) is 4.01. The Kier molecular flexibility index (Phi) is 2.82. The fourth-order valence-corrected chi connectivity index (χ4v) is 3.09. The predicted molar refractivity (Wildman–Crippen MR) is 66.3 cm³/mol. The summed E-state index contributed by atoms with van der Waals surface area (Å²) in [5, 5.41) is 3.51. The van der Waals surface area contributed by atoms with Gasteiger partial charge < -0.3 is 4.90 Å². The van der Waals surface area contributed by atoms with E-state index in [0.717, 1.165) is 37.9 Å². The highest BCUT2D eigenvalue weighted by molar-refractivity contribution is 5.80. The molecule has 0 saturated carbocycles. The van der Waals surface area contributed by atoms with Crippen molar-refractivity contribution in [2.45, 2.75) is 31.3 Å². The quantitative estimate of drug-likeness (QED) is 0.824. The fraction of sp³-hybridized carbons (Fsp3) is 0.500. The highest BCUT2D eigenvalue weighted by Gasteiger charge is 2.46. The van der Waals surface area contributed by atoms with Crippen molar-refractivity contribution in [1.82, 2.24) is 10.2 Å². The lowest BCUT2D eigenvalue weighted by atomic mass is 9.96. The molecule has 1 aromatic rings. The summed E-state index contributed by atoms with van der Waals surface area (Å²) in [4.78, 5) is 14.0. The van der Waals surface area contributed by atoms with Crippen LogP contribution in [0.5, 0.6) is 0 Å². The fourth-order valence-electron chi connectivity index (χ4n) is 3.09. The molecule has 2 aliphatic rings. The standard InChI is InChI=1S/C14H17FN2O/c15-12-5-3-11(4-6-12)14-8-7-13(18)17(14)10-2-1-9-16-14/h3-6,16H,1-2,7-10H2/t14-/m1/s1. The predicted octanol–water partition coefficient (Wildman–Crippen LogP) is 1.98. The second-order valence-electron chi connectivity index (χ2n) is 5.05. The average molecular weight is 248 g/mol. The lowest BCUT2D eigenvalue weighted by Crippen LogP contribution is -2.52. The van der Waals surface area contributed by atoms with Gasteiger partial charge in [0.2, 0.25) is 5.91 Å². The number of nitrogens with zero attached hydrogens (tertiary/aromatic N) is 1. The smallest absolute Gasteiger partial charge is 0.224 e. The van der Waals surface area contributed by atoms with Crippen molar-refractivity contribution in [2.75, 3.05) is 13.1 Å². The summed E-state index contributed by atoms with van der Waals surface area (Å²) in [5.74, 6) is -0.0339. The molecule has 0 radical (unpaired) electrons. The molecule has 0 unspecified atom stereocenters. The second kappa shape index (κ2) is 4.35. The first kappa shape index (κ1) is 11.7. The Labute approximate surface area is 106 Å². The zero-order valence-electron chi connectivity index (χ0n) is 10.3. The van der Waals surface area contributed by atoms with E-state index in [2.05, 4.69) is 5.32 Å². The van der Waals surface area contributed by atoms with E-state index in [0.29, 0.717) is 6.42 Å². The second-order valence-corrected chi connectivity index (χ2v) is 5.05. The first-order valence-electron chi connectivity index (χ1n) is 6.54. The van der Waals surface area contributed by atoms with Gasteiger partial charge in [0.25, 0.3) is 0 Å². The van der Waals surface area contributed by atoms with Crippen molar-refractivity contribution in [3.63, 3.8) is 0 Å². The van der Waals surface area contributed by atoms with Gasteiger partial charge >= 0.3 is 0 Å². The SMILES string of the molecule is O=C1CC[C@@]2(c3ccc(F)cc3)NCCCCN12. The van der Waals surface area contributed by atoms with E-state index in [9.17, 15) is 9.18 Å². The number of fused-ring (bicyclic) bond motifs is 1. The molecule has 3 nitrogen and oxygen atoms in total. The van der Waals surface area contributed by atoms with E-state index < -0.39 is 5.66 Å². The normalized spacial score (nSPS) is 28.1. The Morgan fingerprint density at radius 2 is 2.00 bits per heavy atom. The Morgan fingerprint density at radius 3 is 2.78 bits per heavy atom. The van der Waals surface area contributed by atoms with Gasteiger partial charge in [-0.2, -0.15) is 0 Å². The molecule has 0 spiro atoms. The molecule has 18 heavy (non-hydrogen) atoms. The van der Waals surface area contributed by atoms with Crippen LogP contribution in [0.25, 0.3) is 0 Å². The van der Waals surface area contributed by atoms with Crippen LogP contribution in [0.2, 0.25) is 0 Å². The number of amides is 1. The number of carbonyl (C=O) groups excluding carboxylic acids is 1. The maximum Gasteiger partial charge on any atom is 0.224 e. The third kappa shape index (κ3) is 1.72. The first-order chi connectivity index (χ1) is 8.72. The number of rotatable bonds is 1. The van der Waals surface area contributed by atoms with Crippen molar-refractivity contribution < 1.29 is 9.18 Å². The molecule has 0 bridgehead atoms. The van der Waals surface area contributed by atoms with Crippen LogP contribution in [0.15, 0.2) is 24.3 Å². The molecule has 4 heteroatoms. The minimum Gasteiger partial charge on any atom is -0.320 e. The lowest BCUT2D eigenvalue weighted by molar-refractivity contribution is -0.132. The summed E-state index contributed by atoms with van der Waals surface area (Å²) >= 11 is 0. The number of benzene rings is 1. The van der Waals surface area contributed by atoms with Crippen LogP contribution in [0.4, 0.5) is 4.39 Å². The van der Waals surface area contributed by atoms with Crippen LogP contribution >= 0.6 is 0 Å². The molecule has 2 aliphatic heterocycles. The molecular weight excluding hydrogens is 231 g/mol. The lowest BCUT2D eigenvalue weighted by Gasteiger charge is -2.38. The molecule has 1 atom stereocenters. The summed E-state index contributed by atoms with van der Waals surface area (Å²) in [6.45, 7) is 1.70. The molecule has 2 fully saturated rings. The minimum absolute atomic E-state index is 0.203. The van der Waals surface area contributed by atoms with Gasteiger partial charge in [0.15, 0.2) is 0 Å². The van der Waals surface area contributed by atoms with E-state index in [1.165, 1.54) is 12.1 Å². The van der Waals surface area contributed by atoms with Gasteiger partial charge in [-0.1, -0.05) is 12.1 Å². The van der Waals surface area contributed by atoms with Gasteiger partial charge in [0, 0.05) is 13.0 Å². The van der Waals surface area contributed by atoms with Gasteiger partial charge in [-0.05, 0) is 43.5 Å². The summed E-state index contributed by atoms with van der Waals surface area (Å²) in [5.41, 5.74) is 0.595. The Hall–Kier alpha value is -1.42. The molecule has 0 aliphatic carbocycles. The Balaban J connectivity index is 2.03. The summed E-state index contributed by atoms with van der Waals surface area (Å²) in [6, 6.07) is 6.52. The van der Waals surface area contributed by atoms with Crippen LogP contribution in [-0.4, -0.2) is 23.9 Å². The van der Waals surface area contributed by atoms with Crippen molar-refractivity contribution >= 4 is 5.91 Å². The molecule has 2 heterocycles. The topological polar surface area (TPSA) is 32.3 Å². The van der Waals surface area contributed by atoms with Crippen LogP contribution in [0.1, 0.15) is 31.2 Å². The highest BCUT2D eigenvalue weighted by Crippen LogP contribution is 2.38. The number of nitrogens with one attached hydrogen (secondary N) is 1. The van der Waals surface area contributed by atoms with Crippen molar-refractivity contribution in [2.24, 2.45) is 0 Å². The molecule has 3 rings (SSSR count). The average Bonchev–Trinajstić information content (AvgIpc) is 2.59. The number of hydrogen-bond donors (Lipinski definition) is 1. The first-order valence-corrected chi connectivity index (χ1v) is 6.54. The number of halogens is 1. The Morgan fingerprint density at radius 1 is 1.22 bits per heavy atom. The van der Waals surface area contributed by atoms with Gasteiger partial charge in [-0.3, -0.25) is 10.1 Å². The molecule has 2 saturated heterocycles. The molecule has 1 N–H and O–H groups in total. The number of hydrogen-bond acceptors (Lipinski definition) is 2. The van der Waals surface area contributed by atoms with Crippen molar-refractivity contribution in [3.05, 3.63) is 35.6 Å². The zero-order chi connectivity index (χ0) is 12.6. The van der Waals surface area contributed by atoms with Gasteiger partial charge in [-0.25, -0.2) is 4.39 Å². The Bertz CT molecular complexity index is 459. The van der Waals surface area contributed by atoms with Crippen molar-refractivity contribution in [1.29, 1.82) is 0 Å². The van der Waals surface area contributed by atoms with Gasteiger partial charge in [0.05, 0.1) is 0 Å². The van der Waals surface area contributed by atoms with E-state index in [1.807, 2.05) is 4.90 Å². The molecule has 1 aromatic carbocycles. The summed E-state index contributed by atoms with van der Waals surface area (Å²) in [7, 11) is 0.